The third kappa shape index (κ3) is 3.57. The fourth-order valence-corrected chi connectivity index (χ4v) is 2.90. The molecule has 0 spiro atoms. The van der Waals surface area contributed by atoms with Crippen molar-refractivity contribution in [2.45, 2.75) is 26.3 Å². The van der Waals surface area contributed by atoms with E-state index in [0.29, 0.717) is 5.69 Å². The van der Waals surface area contributed by atoms with Crippen LogP contribution < -0.4 is 10.9 Å². The number of pyridine rings is 1. The quantitative estimate of drug-likeness (QED) is 0.715. The lowest BCUT2D eigenvalue weighted by molar-refractivity contribution is -0.121. The highest BCUT2D eigenvalue weighted by atomic mass is 19.2. The number of rotatable bonds is 4. The molecule has 0 bridgehead atoms. The second-order valence-electron chi connectivity index (χ2n) is 6.25. The standard InChI is InChI=1S/C19H15F2N5O2.2H2/c1-9-12(19(28)26-14-4-3-13(20)18(21)17(9)14)5-16(27)25-10(2)15-8-23-11(6-22)7-24-15;;/h3-4,7-8,10H,5H2,1-2H3,(H,25,27)(H,26,28);2*1H/t10-;;/m0../s1. The molecule has 7 nitrogen and oxygen atoms in total. The van der Waals surface area contributed by atoms with Crippen molar-refractivity contribution >= 4 is 16.8 Å². The van der Waals surface area contributed by atoms with Gasteiger partial charge in [0.2, 0.25) is 5.91 Å². The molecule has 0 aliphatic rings. The van der Waals surface area contributed by atoms with E-state index in [4.69, 9.17) is 5.26 Å². The number of H-pyrrole nitrogens is 1. The van der Waals surface area contributed by atoms with Gasteiger partial charge in [-0.3, -0.25) is 14.6 Å². The van der Waals surface area contributed by atoms with E-state index in [1.54, 1.807) is 6.92 Å². The molecule has 0 unspecified atom stereocenters. The van der Waals surface area contributed by atoms with Crippen LogP contribution in [0.15, 0.2) is 29.3 Å². The maximum atomic E-state index is 14.2. The molecular formula is C19H19F2N5O2. The molecule has 146 valence electrons. The molecule has 0 saturated heterocycles. The number of aryl methyl sites for hydroxylation is 1. The van der Waals surface area contributed by atoms with Crippen LogP contribution in [0.25, 0.3) is 10.9 Å². The summed E-state index contributed by atoms with van der Waals surface area (Å²) in [5.41, 5.74) is 0.451. The number of carbonyl (C=O) groups excluding carboxylic acids is 1. The van der Waals surface area contributed by atoms with E-state index in [1.807, 2.05) is 6.07 Å². The minimum absolute atomic E-state index is 0. The summed E-state index contributed by atoms with van der Waals surface area (Å²) in [7, 11) is 0. The highest BCUT2D eigenvalue weighted by molar-refractivity contribution is 5.86. The molecule has 0 saturated carbocycles. The largest absolute Gasteiger partial charge is 0.348 e. The first-order valence-electron chi connectivity index (χ1n) is 8.32. The van der Waals surface area contributed by atoms with Gasteiger partial charge < -0.3 is 10.3 Å². The van der Waals surface area contributed by atoms with Gasteiger partial charge in [0, 0.05) is 13.8 Å². The topological polar surface area (TPSA) is 112 Å². The van der Waals surface area contributed by atoms with Gasteiger partial charge >= 0.3 is 0 Å². The summed E-state index contributed by atoms with van der Waals surface area (Å²) in [6, 6.07) is 3.53. The fourth-order valence-electron chi connectivity index (χ4n) is 2.90. The number of fused-ring (bicyclic) bond motifs is 1. The Hall–Kier alpha value is -3.67. The molecule has 9 heteroatoms. The van der Waals surface area contributed by atoms with Gasteiger partial charge in [-0.1, -0.05) is 0 Å². The number of nitrogens with one attached hydrogen (secondary N) is 2. The Balaban J connectivity index is 0.00000225. The maximum Gasteiger partial charge on any atom is 0.252 e. The number of carbonyl (C=O) groups is 1. The minimum atomic E-state index is -1.07. The van der Waals surface area contributed by atoms with Gasteiger partial charge in [-0.2, -0.15) is 5.26 Å². The number of nitrogens with zero attached hydrogens (tertiary/aromatic N) is 3. The fraction of sp³-hybridized carbons (Fsp3) is 0.211. The number of amides is 1. The molecule has 2 heterocycles. The number of hydrogen-bond donors (Lipinski definition) is 2. The van der Waals surface area contributed by atoms with Crippen molar-refractivity contribution in [1.82, 2.24) is 20.3 Å². The van der Waals surface area contributed by atoms with Gasteiger partial charge in [0.25, 0.3) is 5.56 Å². The van der Waals surface area contributed by atoms with E-state index >= 15 is 0 Å². The summed E-state index contributed by atoms with van der Waals surface area (Å²) in [6.07, 6.45) is 2.34. The third-order valence-electron chi connectivity index (χ3n) is 4.39. The van der Waals surface area contributed by atoms with Gasteiger partial charge in [-0.25, -0.2) is 13.8 Å². The highest BCUT2D eigenvalue weighted by Gasteiger charge is 2.19. The third-order valence-corrected chi connectivity index (χ3v) is 4.39. The molecule has 0 radical (unpaired) electrons. The van der Waals surface area contributed by atoms with Gasteiger partial charge in [0.05, 0.1) is 36.1 Å². The van der Waals surface area contributed by atoms with E-state index in [0.717, 1.165) is 6.07 Å². The smallest absolute Gasteiger partial charge is 0.252 e. The van der Waals surface area contributed by atoms with Crippen LogP contribution in [0.5, 0.6) is 0 Å². The molecule has 3 rings (SSSR count). The van der Waals surface area contributed by atoms with E-state index in [9.17, 15) is 18.4 Å². The summed E-state index contributed by atoms with van der Waals surface area (Å²) in [6.45, 7) is 3.14. The van der Waals surface area contributed by atoms with Crippen LogP contribution >= 0.6 is 0 Å². The molecule has 1 atom stereocenters. The summed E-state index contributed by atoms with van der Waals surface area (Å²) in [4.78, 5) is 35.1. The predicted octanol–water partition coefficient (Wildman–Crippen LogP) is 2.69. The molecule has 0 aliphatic carbocycles. The molecule has 2 aromatic heterocycles. The van der Waals surface area contributed by atoms with Crippen molar-refractivity contribution in [2.75, 3.05) is 0 Å². The van der Waals surface area contributed by atoms with Crippen molar-refractivity contribution in [1.29, 1.82) is 5.26 Å². The van der Waals surface area contributed by atoms with Crippen molar-refractivity contribution in [3.05, 3.63) is 69.0 Å². The zero-order valence-electron chi connectivity index (χ0n) is 15.0. The zero-order valence-corrected chi connectivity index (χ0v) is 15.0. The lowest BCUT2D eigenvalue weighted by Crippen LogP contribution is -2.31. The number of benzene rings is 1. The average Bonchev–Trinajstić information content (AvgIpc) is 2.68. The Morgan fingerprint density at radius 2 is 2.11 bits per heavy atom. The monoisotopic (exact) mass is 387 g/mol. The van der Waals surface area contributed by atoms with Gasteiger partial charge in [0.1, 0.15) is 6.07 Å². The summed E-state index contributed by atoms with van der Waals surface area (Å²) >= 11 is 0. The maximum absolute atomic E-state index is 14.2. The molecule has 1 amide bonds. The number of nitriles is 1. The lowest BCUT2D eigenvalue weighted by Gasteiger charge is -2.14. The van der Waals surface area contributed by atoms with Crippen LogP contribution in [0, 0.1) is 29.9 Å². The molecule has 2 N–H and O–H groups in total. The number of aromatic amines is 1. The van der Waals surface area contributed by atoms with Gasteiger partial charge in [-0.15, -0.1) is 0 Å². The van der Waals surface area contributed by atoms with Crippen molar-refractivity contribution in [3.8, 4) is 6.07 Å². The molecule has 0 aliphatic heterocycles. The van der Waals surface area contributed by atoms with E-state index in [-0.39, 0.29) is 37.0 Å². The van der Waals surface area contributed by atoms with Gasteiger partial charge in [0.15, 0.2) is 17.3 Å². The molecule has 28 heavy (non-hydrogen) atoms. The minimum Gasteiger partial charge on any atom is -0.348 e. The van der Waals surface area contributed by atoms with Crippen molar-refractivity contribution in [2.24, 2.45) is 0 Å². The Kier molecular flexibility index (Phi) is 5.13. The normalized spacial score (nSPS) is 11.8. The Bertz CT molecular complexity index is 1180. The predicted molar refractivity (Wildman–Crippen MR) is 100 cm³/mol. The van der Waals surface area contributed by atoms with Crippen LogP contribution in [0.2, 0.25) is 0 Å². The Morgan fingerprint density at radius 1 is 1.36 bits per heavy atom. The Labute approximate surface area is 161 Å². The molecular weight excluding hydrogens is 368 g/mol. The second kappa shape index (κ2) is 7.52. The van der Waals surface area contributed by atoms with Crippen LogP contribution in [-0.4, -0.2) is 20.9 Å². The summed E-state index contributed by atoms with van der Waals surface area (Å²) < 4.78 is 27.7. The zero-order chi connectivity index (χ0) is 20.4. The van der Waals surface area contributed by atoms with Crippen LogP contribution in [0.4, 0.5) is 8.78 Å². The first-order valence-corrected chi connectivity index (χ1v) is 8.32. The van der Waals surface area contributed by atoms with Gasteiger partial charge in [-0.05, 0) is 31.5 Å². The van der Waals surface area contributed by atoms with E-state index in [2.05, 4.69) is 20.3 Å². The molecule has 3 aromatic rings. The number of aromatic nitrogens is 3. The SMILES string of the molecule is Cc1c(CC(=O)N[C@@H](C)c2cnc(C#N)cn2)c(=O)[nH]c2ccc(F)c(F)c12.[HH].[HH]. The average molecular weight is 387 g/mol. The van der Waals surface area contributed by atoms with Crippen LogP contribution in [-0.2, 0) is 11.2 Å². The first kappa shape index (κ1) is 19.1. The summed E-state index contributed by atoms with van der Waals surface area (Å²) in [5.74, 6) is -2.61. The lowest BCUT2D eigenvalue weighted by atomic mass is 10.0. The molecule has 0 fully saturated rings. The molecule has 1 aromatic carbocycles. The summed E-state index contributed by atoms with van der Waals surface area (Å²) in [5, 5.41) is 11.3. The second-order valence-corrected chi connectivity index (χ2v) is 6.25. The van der Waals surface area contributed by atoms with Crippen LogP contribution in [0.1, 0.15) is 38.3 Å². The van der Waals surface area contributed by atoms with Crippen LogP contribution in [0.3, 0.4) is 0 Å². The van der Waals surface area contributed by atoms with E-state index in [1.165, 1.54) is 25.4 Å². The van der Waals surface area contributed by atoms with E-state index < -0.39 is 29.1 Å². The highest BCUT2D eigenvalue weighted by Crippen LogP contribution is 2.23. The first-order chi connectivity index (χ1) is 13.3. The Morgan fingerprint density at radius 3 is 2.75 bits per heavy atom. The number of halogens is 2. The van der Waals surface area contributed by atoms with Crippen molar-refractivity contribution in [3.63, 3.8) is 0 Å². The number of hydrogen-bond acceptors (Lipinski definition) is 5. The van der Waals surface area contributed by atoms with Crippen molar-refractivity contribution < 1.29 is 16.4 Å².